The normalized spacial score (nSPS) is 17.8. The summed E-state index contributed by atoms with van der Waals surface area (Å²) in [5.74, 6) is 0.0164. The second-order valence-electron chi connectivity index (χ2n) is 5.69. The summed E-state index contributed by atoms with van der Waals surface area (Å²) in [6.07, 6.45) is 5.34. The van der Waals surface area contributed by atoms with Crippen LogP contribution in [0.15, 0.2) is 29.2 Å². The molecule has 0 spiro atoms. The molecule has 2 rings (SSSR count). The van der Waals surface area contributed by atoms with E-state index >= 15 is 0 Å². The highest BCUT2D eigenvalue weighted by atomic mass is 32.2. The topological polar surface area (TPSA) is 75.4 Å². The van der Waals surface area contributed by atoms with Gasteiger partial charge in [0.2, 0.25) is 5.91 Å². The SMILES string of the molecule is CSc1ccccc1C(=O)N1CCCCC1CNC(=O)CCN. The van der Waals surface area contributed by atoms with Crippen LogP contribution < -0.4 is 11.1 Å². The molecule has 0 bridgehead atoms. The van der Waals surface area contributed by atoms with Crippen molar-refractivity contribution in [1.82, 2.24) is 10.2 Å². The van der Waals surface area contributed by atoms with Gasteiger partial charge in [0.05, 0.1) is 5.56 Å². The standard InChI is InChI=1S/C17H25N3O2S/c1-23-15-8-3-2-7-14(15)17(22)20-11-5-4-6-13(20)12-19-16(21)9-10-18/h2-3,7-8,13H,4-6,9-12,18H2,1H3,(H,19,21). The average molecular weight is 335 g/mol. The van der Waals surface area contributed by atoms with Gasteiger partial charge in [-0.05, 0) is 37.7 Å². The van der Waals surface area contributed by atoms with E-state index in [1.165, 1.54) is 0 Å². The average Bonchev–Trinajstić information content (AvgIpc) is 2.60. The lowest BCUT2D eigenvalue weighted by atomic mass is 10.0. The molecule has 0 aromatic heterocycles. The molecule has 0 saturated carbocycles. The van der Waals surface area contributed by atoms with Crippen LogP contribution in [-0.2, 0) is 4.79 Å². The molecule has 1 aromatic rings. The quantitative estimate of drug-likeness (QED) is 0.778. The summed E-state index contributed by atoms with van der Waals surface area (Å²) >= 11 is 1.58. The molecule has 0 radical (unpaired) electrons. The molecule has 1 aliphatic rings. The van der Waals surface area contributed by atoms with Gasteiger partial charge in [0.25, 0.3) is 5.91 Å². The fourth-order valence-electron chi connectivity index (χ4n) is 2.91. The summed E-state index contributed by atoms with van der Waals surface area (Å²) in [7, 11) is 0. The van der Waals surface area contributed by atoms with Crippen LogP contribution in [0.2, 0.25) is 0 Å². The minimum atomic E-state index is -0.0463. The molecule has 126 valence electrons. The first-order valence-corrected chi connectivity index (χ1v) is 9.30. The van der Waals surface area contributed by atoms with E-state index in [0.717, 1.165) is 36.3 Å². The van der Waals surface area contributed by atoms with E-state index in [2.05, 4.69) is 5.32 Å². The number of carbonyl (C=O) groups is 2. The highest BCUT2D eigenvalue weighted by Crippen LogP contribution is 2.25. The molecule has 0 aliphatic carbocycles. The number of nitrogens with zero attached hydrogens (tertiary/aromatic N) is 1. The smallest absolute Gasteiger partial charge is 0.255 e. The maximum absolute atomic E-state index is 12.9. The number of amides is 2. The molecule has 2 amide bonds. The first-order valence-electron chi connectivity index (χ1n) is 8.08. The van der Waals surface area contributed by atoms with Gasteiger partial charge in [-0.15, -0.1) is 11.8 Å². The summed E-state index contributed by atoms with van der Waals surface area (Å²) in [6, 6.07) is 7.76. The third kappa shape index (κ3) is 4.72. The summed E-state index contributed by atoms with van der Waals surface area (Å²) in [4.78, 5) is 27.5. The maximum atomic E-state index is 12.9. The highest BCUT2D eigenvalue weighted by molar-refractivity contribution is 7.98. The number of likely N-dealkylation sites (tertiary alicyclic amines) is 1. The molecule has 23 heavy (non-hydrogen) atoms. The fourth-order valence-corrected chi connectivity index (χ4v) is 3.50. The van der Waals surface area contributed by atoms with Crippen molar-refractivity contribution >= 4 is 23.6 Å². The fraction of sp³-hybridized carbons (Fsp3) is 0.529. The third-order valence-corrected chi connectivity index (χ3v) is 4.93. The van der Waals surface area contributed by atoms with Gasteiger partial charge in [-0.1, -0.05) is 12.1 Å². The van der Waals surface area contributed by atoms with E-state index in [9.17, 15) is 9.59 Å². The maximum Gasteiger partial charge on any atom is 0.255 e. The number of nitrogens with two attached hydrogens (primary N) is 1. The van der Waals surface area contributed by atoms with Gasteiger partial charge in [-0.25, -0.2) is 0 Å². The van der Waals surface area contributed by atoms with E-state index in [0.29, 0.717) is 19.5 Å². The molecule has 1 atom stereocenters. The zero-order chi connectivity index (χ0) is 16.7. The Morgan fingerprint density at radius 3 is 2.87 bits per heavy atom. The molecule has 1 aromatic carbocycles. The second kappa shape index (κ2) is 8.93. The van der Waals surface area contributed by atoms with Gasteiger partial charge < -0.3 is 16.0 Å². The van der Waals surface area contributed by atoms with Crippen LogP contribution in [0.4, 0.5) is 0 Å². The van der Waals surface area contributed by atoms with Gasteiger partial charge in [-0.3, -0.25) is 9.59 Å². The van der Waals surface area contributed by atoms with Gasteiger partial charge in [0, 0.05) is 37.0 Å². The summed E-state index contributed by atoms with van der Waals surface area (Å²) in [5.41, 5.74) is 6.14. The van der Waals surface area contributed by atoms with Crippen molar-refractivity contribution in [2.24, 2.45) is 5.73 Å². The lowest BCUT2D eigenvalue weighted by Gasteiger charge is -2.36. The van der Waals surface area contributed by atoms with E-state index in [4.69, 9.17) is 5.73 Å². The number of piperidine rings is 1. The monoisotopic (exact) mass is 335 g/mol. The number of thioether (sulfide) groups is 1. The molecule has 5 nitrogen and oxygen atoms in total. The molecule has 1 fully saturated rings. The van der Waals surface area contributed by atoms with E-state index in [1.54, 1.807) is 11.8 Å². The lowest BCUT2D eigenvalue weighted by molar-refractivity contribution is -0.121. The van der Waals surface area contributed by atoms with E-state index < -0.39 is 0 Å². The second-order valence-corrected chi connectivity index (χ2v) is 6.54. The van der Waals surface area contributed by atoms with Crippen LogP contribution in [0.25, 0.3) is 0 Å². The van der Waals surface area contributed by atoms with Crippen molar-refractivity contribution < 1.29 is 9.59 Å². The number of carbonyl (C=O) groups excluding carboxylic acids is 2. The number of rotatable bonds is 6. The van der Waals surface area contributed by atoms with Crippen molar-refractivity contribution in [3.05, 3.63) is 29.8 Å². The van der Waals surface area contributed by atoms with Crippen molar-refractivity contribution in [2.75, 3.05) is 25.9 Å². The Balaban J connectivity index is 2.08. The van der Waals surface area contributed by atoms with Crippen LogP contribution in [0.5, 0.6) is 0 Å². The van der Waals surface area contributed by atoms with Gasteiger partial charge >= 0.3 is 0 Å². The Bertz CT molecular complexity index is 550. The summed E-state index contributed by atoms with van der Waals surface area (Å²) in [6.45, 7) is 1.60. The Morgan fingerprint density at radius 2 is 2.13 bits per heavy atom. The predicted molar refractivity (Wildman–Crippen MR) is 93.6 cm³/mol. The van der Waals surface area contributed by atoms with Crippen LogP contribution in [0.1, 0.15) is 36.0 Å². The van der Waals surface area contributed by atoms with E-state index in [1.807, 2.05) is 35.4 Å². The lowest BCUT2D eigenvalue weighted by Crippen LogP contribution is -2.49. The zero-order valence-corrected chi connectivity index (χ0v) is 14.4. The number of nitrogens with one attached hydrogen (secondary N) is 1. The minimum Gasteiger partial charge on any atom is -0.354 e. The van der Waals surface area contributed by atoms with Crippen molar-refractivity contribution in [1.29, 1.82) is 0 Å². The van der Waals surface area contributed by atoms with Crippen LogP contribution in [-0.4, -0.2) is 48.6 Å². The highest BCUT2D eigenvalue weighted by Gasteiger charge is 2.28. The Morgan fingerprint density at radius 1 is 1.35 bits per heavy atom. The Labute approximate surface area is 142 Å². The van der Waals surface area contributed by atoms with Gasteiger partial charge in [0.15, 0.2) is 0 Å². The van der Waals surface area contributed by atoms with Crippen LogP contribution in [0, 0.1) is 0 Å². The van der Waals surface area contributed by atoms with E-state index in [-0.39, 0.29) is 17.9 Å². The minimum absolute atomic E-state index is 0.0463. The zero-order valence-electron chi connectivity index (χ0n) is 13.6. The van der Waals surface area contributed by atoms with Crippen molar-refractivity contribution in [2.45, 2.75) is 36.6 Å². The molecular weight excluding hydrogens is 310 g/mol. The van der Waals surface area contributed by atoms with Crippen LogP contribution >= 0.6 is 11.8 Å². The molecule has 3 N–H and O–H groups in total. The Hall–Kier alpha value is -1.53. The molecule has 1 heterocycles. The van der Waals surface area contributed by atoms with Crippen molar-refractivity contribution in [3.8, 4) is 0 Å². The van der Waals surface area contributed by atoms with Gasteiger partial charge in [0.1, 0.15) is 0 Å². The number of benzene rings is 1. The Kier molecular flexibility index (Phi) is 6.92. The number of hydrogen-bond acceptors (Lipinski definition) is 4. The largest absolute Gasteiger partial charge is 0.354 e. The number of hydrogen-bond donors (Lipinski definition) is 2. The third-order valence-electron chi connectivity index (χ3n) is 4.13. The predicted octanol–water partition coefficient (Wildman–Crippen LogP) is 1.87. The van der Waals surface area contributed by atoms with Crippen molar-refractivity contribution in [3.63, 3.8) is 0 Å². The molecule has 1 saturated heterocycles. The van der Waals surface area contributed by atoms with Crippen LogP contribution in [0.3, 0.4) is 0 Å². The molecular formula is C17H25N3O2S. The molecule has 1 unspecified atom stereocenters. The van der Waals surface area contributed by atoms with Gasteiger partial charge in [-0.2, -0.15) is 0 Å². The first-order chi connectivity index (χ1) is 11.2. The summed E-state index contributed by atoms with van der Waals surface area (Å²) in [5, 5.41) is 2.90. The molecule has 6 heteroatoms. The summed E-state index contributed by atoms with van der Waals surface area (Å²) < 4.78 is 0. The molecule has 1 aliphatic heterocycles. The first kappa shape index (κ1) is 17.8.